The molecule has 0 aliphatic rings. The average molecular weight is 193 g/mol. The summed E-state index contributed by atoms with van der Waals surface area (Å²) in [6.45, 7) is 1.97. The van der Waals surface area contributed by atoms with Crippen LogP contribution in [0.5, 0.6) is 5.75 Å². The van der Waals surface area contributed by atoms with Gasteiger partial charge in [0, 0.05) is 25.8 Å². The predicted octanol–water partition coefficient (Wildman–Crippen LogP) is 1.88. The third-order valence-corrected chi connectivity index (χ3v) is 2.16. The van der Waals surface area contributed by atoms with Crippen molar-refractivity contribution >= 4 is 12.0 Å². The van der Waals surface area contributed by atoms with Crippen molar-refractivity contribution in [3.8, 4) is 5.75 Å². The molecule has 0 fully saturated rings. The zero-order chi connectivity index (χ0) is 10.7. The van der Waals surface area contributed by atoms with Crippen LogP contribution in [-0.2, 0) is 0 Å². The number of aryl methyl sites for hydroxylation is 1. The van der Waals surface area contributed by atoms with E-state index in [1.165, 1.54) is 0 Å². The normalized spacial score (nSPS) is 9.71. The van der Waals surface area contributed by atoms with Crippen LogP contribution in [0.4, 0.5) is 5.69 Å². The van der Waals surface area contributed by atoms with E-state index in [-0.39, 0.29) is 0 Å². The first-order valence-electron chi connectivity index (χ1n) is 4.41. The number of methoxy groups -OCH3 is 1. The molecule has 0 bridgehead atoms. The van der Waals surface area contributed by atoms with Gasteiger partial charge < -0.3 is 9.64 Å². The molecule has 14 heavy (non-hydrogen) atoms. The van der Waals surface area contributed by atoms with Crippen molar-refractivity contribution in [1.29, 1.82) is 0 Å². The number of ether oxygens (including phenoxy) is 1. The summed E-state index contributed by atoms with van der Waals surface area (Å²) in [7, 11) is 5.49. The average Bonchev–Trinajstić information content (AvgIpc) is 2.16. The molecule has 0 aliphatic carbocycles. The summed E-state index contributed by atoms with van der Waals surface area (Å²) in [5, 5.41) is 0. The second-order valence-corrected chi connectivity index (χ2v) is 3.39. The monoisotopic (exact) mass is 193 g/mol. The number of nitrogens with zero attached hydrogens (tertiary/aromatic N) is 1. The number of carbonyl (C=O) groups is 1. The predicted molar refractivity (Wildman–Crippen MR) is 57.4 cm³/mol. The van der Waals surface area contributed by atoms with Crippen LogP contribution in [-0.4, -0.2) is 27.5 Å². The van der Waals surface area contributed by atoms with Crippen LogP contribution < -0.4 is 9.64 Å². The number of aldehydes is 1. The van der Waals surface area contributed by atoms with E-state index in [9.17, 15) is 4.79 Å². The summed E-state index contributed by atoms with van der Waals surface area (Å²) in [5.74, 6) is 0.620. The topological polar surface area (TPSA) is 29.5 Å². The van der Waals surface area contributed by atoms with E-state index in [1.807, 2.05) is 38.1 Å². The van der Waals surface area contributed by atoms with Gasteiger partial charge in [-0.2, -0.15) is 0 Å². The maximum Gasteiger partial charge on any atom is 0.153 e. The molecule has 0 aromatic heterocycles. The van der Waals surface area contributed by atoms with E-state index in [0.29, 0.717) is 11.3 Å². The number of anilines is 1. The molecule has 0 saturated carbocycles. The molecular formula is C11H15NO2. The van der Waals surface area contributed by atoms with Crippen molar-refractivity contribution in [2.75, 3.05) is 26.1 Å². The highest BCUT2D eigenvalue weighted by Gasteiger charge is 2.08. The Labute approximate surface area is 84.3 Å². The summed E-state index contributed by atoms with van der Waals surface area (Å²) in [5.41, 5.74) is 2.72. The molecule has 3 nitrogen and oxygen atoms in total. The SMILES string of the molecule is COc1cc(N(C)C)c(C)cc1C=O. The lowest BCUT2D eigenvalue weighted by atomic mass is 10.1. The second-order valence-electron chi connectivity index (χ2n) is 3.39. The van der Waals surface area contributed by atoms with Crippen LogP contribution in [0, 0.1) is 6.92 Å². The number of rotatable bonds is 3. The standard InChI is InChI=1S/C11H15NO2/c1-8-5-9(7-13)11(14-4)6-10(8)12(2)3/h5-7H,1-4H3. The van der Waals surface area contributed by atoms with Crippen molar-refractivity contribution < 1.29 is 9.53 Å². The molecule has 1 rings (SSSR count). The molecule has 0 amide bonds. The molecule has 76 valence electrons. The Bertz CT molecular complexity index is 345. The number of hydrogen-bond donors (Lipinski definition) is 0. The molecule has 0 radical (unpaired) electrons. The van der Waals surface area contributed by atoms with Gasteiger partial charge in [-0.1, -0.05) is 0 Å². The molecule has 0 saturated heterocycles. The van der Waals surface area contributed by atoms with E-state index in [2.05, 4.69) is 0 Å². The van der Waals surface area contributed by atoms with Gasteiger partial charge in [0.2, 0.25) is 0 Å². The van der Waals surface area contributed by atoms with Crippen molar-refractivity contribution in [1.82, 2.24) is 0 Å². The fourth-order valence-corrected chi connectivity index (χ4v) is 1.45. The van der Waals surface area contributed by atoms with Crippen LogP contribution in [0.1, 0.15) is 15.9 Å². The summed E-state index contributed by atoms with van der Waals surface area (Å²) in [4.78, 5) is 12.7. The minimum Gasteiger partial charge on any atom is -0.496 e. The second kappa shape index (κ2) is 4.13. The van der Waals surface area contributed by atoms with Gasteiger partial charge in [-0.15, -0.1) is 0 Å². The highest BCUT2D eigenvalue weighted by Crippen LogP contribution is 2.27. The Morgan fingerprint density at radius 1 is 1.36 bits per heavy atom. The maximum absolute atomic E-state index is 10.7. The first-order valence-corrected chi connectivity index (χ1v) is 4.41. The lowest BCUT2D eigenvalue weighted by molar-refractivity contribution is 0.112. The van der Waals surface area contributed by atoms with Crippen LogP contribution in [0.25, 0.3) is 0 Å². The third kappa shape index (κ3) is 1.87. The van der Waals surface area contributed by atoms with E-state index in [4.69, 9.17) is 4.74 Å². The fraction of sp³-hybridized carbons (Fsp3) is 0.364. The van der Waals surface area contributed by atoms with Crippen molar-refractivity contribution in [2.24, 2.45) is 0 Å². The molecule has 3 heteroatoms. The first kappa shape index (κ1) is 10.6. The Kier molecular flexibility index (Phi) is 3.12. The van der Waals surface area contributed by atoms with E-state index in [1.54, 1.807) is 7.11 Å². The smallest absolute Gasteiger partial charge is 0.153 e. The van der Waals surface area contributed by atoms with Crippen LogP contribution in [0.15, 0.2) is 12.1 Å². The third-order valence-electron chi connectivity index (χ3n) is 2.16. The van der Waals surface area contributed by atoms with E-state index >= 15 is 0 Å². The number of carbonyl (C=O) groups excluding carboxylic acids is 1. The molecule has 0 heterocycles. The van der Waals surface area contributed by atoms with Crippen molar-refractivity contribution in [3.63, 3.8) is 0 Å². The summed E-state index contributed by atoms with van der Waals surface area (Å²) in [6.07, 6.45) is 0.811. The first-order chi connectivity index (χ1) is 6.60. The van der Waals surface area contributed by atoms with E-state index < -0.39 is 0 Å². The molecule has 1 aromatic rings. The van der Waals surface area contributed by atoms with Crippen LogP contribution >= 0.6 is 0 Å². The quantitative estimate of drug-likeness (QED) is 0.686. The summed E-state index contributed by atoms with van der Waals surface area (Å²) < 4.78 is 5.12. The summed E-state index contributed by atoms with van der Waals surface area (Å²) in [6, 6.07) is 3.71. The van der Waals surface area contributed by atoms with Crippen LogP contribution in [0.3, 0.4) is 0 Å². The number of benzene rings is 1. The van der Waals surface area contributed by atoms with E-state index in [0.717, 1.165) is 17.5 Å². The van der Waals surface area contributed by atoms with Crippen molar-refractivity contribution in [2.45, 2.75) is 6.92 Å². The molecule has 0 atom stereocenters. The molecule has 0 spiro atoms. The summed E-state index contributed by atoms with van der Waals surface area (Å²) >= 11 is 0. The van der Waals surface area contributed by atoms with Crippen LogP contribution in [0.2, 0.25) is 0 Å². The molecular weight excluding hydrogens is 178 g/mol. The van der Waals surface area contributed by atoms with Gasteiger partial charge in [-0.05, 0) is 18.6 Å². The van der Waals surface area contributed by atoms with Gasteiger partial charge in [0.15, 0.2) is 6.29 Å². The Balaban J connectivity index is 3.30. The Hall–Kier alpha value is -1.51. The van der Waals surface area contributed by atoms with Gasteiger partial charge in [-0.3, -0.25) is 4.79 Å². The zero-order valence-corrected chi connectivity index (χ0v) is 9.00. The largest absolute Gasteiger partial charge is 0.496 e. The minimum atomic E-state index is 0.593. The molecule has 0 unspecified atom stereocenters. The Morgan fingerprint density at radius 2 is 2.00 bits per heavy atom. The minimum absolute atomic E-state index is 0.593. The maximum atomic E-state index is 10.7. The molecule has 0 aliphatic heterocycles. The van der Waals surface area contributed by atoms with Crippen molar-refractivity contribution in [3.05, 3.63) is 23.3 Å². The van der Waals surface area contributed by atoms with Gasteiger partial charge in [0.1, 0.15) is 5.75 Å². The number of hydrogen-bond acceptors (Lipinski definition) is 3. The highest BCUT2D eigenvalue weighted by molar-refractivity contribution is 5.81. The molecule has 1 aromatic carbocycles. The lowest BCUT2D eigenvalue weighted by Gasteiger charge is -2.17. The van der Waals surface area contributed by atoms with Gasteiger partial charge in [0.25, 0.3) is 0 Å². The molecule has 0 N–H and O–H groups in total. The van der Waals surface area contributed by atoms with Gasteiger partial charge >= 0.3 is 0 Å². The lowest BCUT2D eigenvalue weighted by Crippen LogP contribution is -2.10. The van der Waals surface area contributed by atoms with Gasteiger partial charge in [-0.25, -0.2) is 0 Å². The Morgan fingerprint density at radius 3 is 2.43 bits per heavy atom. The highest BCUT2D eigenvalue weighted by atomic mass is 16.5. The van der Waals surface area contributed by atoms with Gasteiger partial charge in [0.05, 0.1) is 12.7 Å². The fourth-order valence-electron chi connectivity index (χ4n) is 1.45. The zero-order valence-electron chi connectivity index (χ0n) is 9.00.